The van der Waals surface area contributed by atoms with Crippen molar-refractivity contribution in [2.24, 2.45) is 0 Å². The number of nitro benzene ring substituents is 1. The third kappa shape index (κ3) is 3.23. The van der Waals surface area contributed by atoms with Crippen LogP contribution in [0.5, 0.6) is 5.75 Å². The van der Waals surface area contributed by atoms with Crippen molar-refractivity contribution in [2.45, 2.75) is 6.61 Å². The summed E-state index contributed by atoms with van der Waals surface area (Å²) in [5, 5.41) is 13.8. The molecule has 0 amide bonds. The lowest BCUT2D eigenvalue weighted by atomic mass is 10.2. The van der Waals surface area contributed by atoms with Gasteiger partial charge in [0.25, 0.3) is 5.69 Å². The molecule has 0 aliphatic rings. The minimum Gasteiger partial charge on any atom is -0.489 e. The predicted molar refractivity (Wildman–Crippen MR) is 73.4 cm³/mol. The van der Waals surface area contributed by atoms with Crippen molar-refractivity contribution in [3.63, 3.8) is 0 Å². The van der Waals surface area contributed by atoms with Gasteiger partial charge in [-0.05, 0) is 36.4 Å². The molecule has 0 fully saturated rings. The molecule has 0 aliphatic carbocycles. The Labute approximate surface area is 115 Å². The first-order valence-corrected chi connectivity index (χ1v) is 5.93. The normalized spacial score (nSPS) is 10.1. The third-order valence-electron chi connectivity index (χ3n) is 2.78. The van der Waals surface area contributed by atoms with E-state index in [2.05, 4.69) is 5.32 Å². The highest BCUT2D eigenvalue weighted by atomic mass is 19.1. The molecule has 5 nitrogen and oxygen atoms in total. The first-order chi connectivity index (χ1) is 9.60. The average Bonchev–Trinajstić information content (AvgIpc) is 2.45. The van der Waals surface area contributed by atoms with E-state index in [-0.39, 0.29) is 17.9 Å². The van der Waals surface area contributed by atoms with Gasteiger partial charge in [-0.25, -0.2) is 4.39 Å². The van der Waals surface area contributed by atoms with Gasteiger partial charge < -0.3 is 10.1 Å². The quantitative estimate of drug-likeness (QED) is 0.671. The molecule has 0 unspecified atom stereocenters. The number of anilines is 1. The summed E-state index contributed by atoms with van der Waals surface area (Å²) in [6, 6.07) is 10.4. The Kier molecular flexibility index (Phi) is 4.14. The number of rotatable bonds is 5. The molecule has 0 aliphatic heterocycles. The molecule has 0 radical (unpaired) electrons. The summed E-state index contributed by atoms with van der Waals surface area (Å²) in [4.78, 5) is 10.3. The van der Waals surface area contributed by atoms with E-state index in [1.165, 1.54) is 0 Å². The summed E-state index contributed by atoms with van der Waals surface area (Å²) in [5.41, 5.74) is 0.972. The maximum absolute atomic E-state index is 13.1. The van der Waals surface area contributed by atoms with Gasteiger partial charge in [-0.2, -0.15) is 0 Å². The largest absolute Gasteiger partial charge is 0.489 e. The van der Waals surface area contributed by atoms with Crippen molar-refractivity contribution in [1.82, 2.24) is 0 Å². The van der Waals surface area contributed by atoms with E-state index in [9.17, 15) is 14.5 Å². The standard InChI is InChI=1S/C14H13FN2O3/c1-16-12-3-5-13(6-4-12)20-9-10-8-11(15)2-7-14(10)17(18)19/h2-8,16H,9H2,1H3. The van der Waals surface area contributed by atoms with Crippen molar-refractivity contribution < 1.29 is 14.1 Å². The molecule has 0 heterocycles. The Morgan fingerprint density at radius 3 is 2.55 bits per heavy atom. The summed E-state index contributed by atoms with van der Waals surface area (Å²) in [6.07, 6.45) is 0. The zero-order valence-corrected chi connectivity index (χ0v) is 10.8. The number of nitro groups is 1. The van der Waals surface area contributed by atoms with Crippen LogP contribution in [-0.2, 0) is 6.61 Å². The molecule has 2 rings (SSSR count). The summed E-state index contributed by atoms with van der Waals surface area (Å²) in [5.74, 6) is 0.0299. The first kappa shape index (κ1) is 13.8. The van der Waals surface area contributed by atoms with Crippen LogP contribution in [0.4, 0.5) is 15.8 Å². The smallest absolute Gasteiger partial charge is 0.276 e. The minimum absolute atomic E-state index is 0.0625. The Balaban J connectivity index is 2.13. The second kappa shape index (κ2) is 6.01. The van der Waals surface area contributed by atoms with Gasteiger partial charge in [-0.1, -0.05) is 0 Å². The molecule has 2 aromatic rings. The zero-order chi connectivity index (χ0) is 14.5. The fourth-order valence-electron chi connectivity index (χ4n) is 1.73. The molecule has 0 saturated heterocycles. The van der Waals surface area contributed by atoms with Crippen LogP contribution in [0.2, 0.25) is 0 Å². The number of nitrogens with one attached hydrogen (secondary N) is 1. The van der Waals surface area contributed by atoms with Crippen LogP contribution >= 0.6 is 0 Å². The summed E-state index contributed by atoms with van der Waals surface area (Å²) in [7, 11) is 1.80. The summed E-state index contributed by atoms with van der Waals surface area (Å²) >= 11 is 0. The SMILES string of the molecule is CNc1ccc(OCc2cc(F)ccc2[N+](=O)[O-])cc1. The molecule has 0 aromatic heterocycles. The van der Waals surface area contributed by atoms with E-state index in [4.69, 9.17) is 4.74 Å². The number of ether oxygens (including phenoxy) is 1. The third-order valence-corrected chi connectivity index (χ3v) is 2.78. The Bertz CT molecular complexity index is 614. The molecule has 0 saturated carbocycles. The van der Waals surface area contributed by atoms with Crippen LogP contribution in [0.25, 0.3) is 0 Å². The second-order valence-corrected chi connectivity index (χ2v) is 4.09. The van der Waals surface area contributed by atoms with Crippen molar-refractivity contribution in [2.75, 3.05) is 12.4 Å². The average molecular weight is 276 g/mol. The fourth-order valence-corrected chi connectivity index (χ4v) is 1.73. The van der Waals surface area contributed by atoms with E-state index in [0.29, 0.717) is 5.75 Å². The molecule has 1 N–H and O–H groups in total. The van der Waals surface area contributed by atoms with Gasteiger partial charge in [0.2, 0.25) is 0 Å². The Hall–Kier alpha value is -2.63. The molecule has 2 aromatic carbocycles. The van der Waals surface area contributed by atoms with E-state index in [1.807, 2.05) is 12.1 Å². The molecule has 0 atom stereocenters. The van der Waals surface area contributed by atoms with Crippen LogP contribution in [0.3, 0.4) is 0 Å². The van der Waals surface area contributed by atoms with Gasteiger partial charge in [0.05, 0.1) is 10.5 Å². The molecular weight excluding hydrogens is 263 g/mol. The number of benzene rings is 2. The van der Waals surface area contributed by atoms with E-state index in [0.717, 1.165) is 23.9 Å². The molecular formula is C14H13FN2O3. The van der Waals surface area contributed by atoms with Crippen LogP contribution in [-0.4, -0.2) is 12.0 Å². The van der Waals surface area contributed by atoms with E-state index in [1.54, 1.807) is 19.2 Å². The Morgan fingerprint density at radius 2 is 1.95 bits per heavy atom. The summed E-state index contributed by atoms with van der Waals surface area (Å²) < 4.78 is 18.6. The van der Waals surface area contributed by atoms with Crippen molar-refractivity contribution in [3.8, 4) is 5.75 Å². The highest BCUT2D eigenvalue weighted by Gasteiger charge is 2.14. The first-order valence-electron chi connectivity index (χ1n) is 5.93. The number of nitrogens with zero attached hydrogens (tertiary/aromatic N) is 1. The van der Waals surface area contributed by atoms with Crippen molar-refractivity contribution in [1.29, 1.82) is 0 Å². The maximum Gasteiger partial charge on any atom is 0.276 e. The maximum atomic E-state index is 13.1. The van der Waals surface area contributed by atoms with Gasteiger partial charge in [0.15, 0.2) is 0 Å². The highest BCUT2D eigenvalue weighted by molar-refractivity contribution is 5.46. The monoisotopic (exact) mass is 276 g/mol. The number of hydrogen-bond acceptors (Lipinski definition) is 4. The topological polar surface area (TPSA) is 64.4 Å². The predicted octanol–water partition coefficient (Wildman–Crippen LogP) is 3.35. The fraction of sp³-hybridized carbons (Fsp3) is 0.143. The Morgan fingerprint density at radius 1 is 1.25 bits per heavy atom. The van der Waals surface area contributed by atoms with Gasteiger partial charge >= 0.3 is 0 Å². The molecule has 20 heavy (non-hydrogen) atoms. The van der Waals surface area contributed by atoms with Crippen molar-refractivity contribution >= 4 is 11.4 Å². The lowest BCUT2D eigenvalue weighted by Gasteiger charge is -2.08. The van der Waals surface area contributed by atoms with E-state index < -0.39 is 10.7 Å². The molecule has 0 bridgehead atoms. The highest BCUT2D eigenvalue weighted by Crippen LogP contribution is 2.22. The summed E-state index contributed by atoms with van der Waals surface area (Å²) in [6.45, 7) is -0.0625. The number of halogens is 1. The molecule has 0 spiro atoms. The van der Waals surface area contributed by atoms with Crippen molar-refractivity contribution in [3.05, 3.63) is 64.0 Å². The van der Waals surface area contributed by atoms with Gasteiger partial charge in [0, 0.05) is 18.8 Å². The lowest BCUT2D eigenvalue weighted by Crippen LogP contribution is -2.01. The van der Waals surface area contributed by atoms with Crippen LogP contribution in [0.1, 0.15) is 5.56 Å². The van der Waals surface area contributed by atoms with Crippen LogP contribution in [0.15, 0.2) is 42.5 Å². The minimum atomic E-state index is -0.553. The van der Waals surface area contributed by atoms with Gasteiger partial charge in [0.1, 0.15) is 18.2 Å². The van der Waals surface area contributed by atoms with Crippen LogP contribution in [0, 0.1) is 15.9 Å². The zero-order valence-electron chi connectivity index (χ0n) is 10.8. The van der Waals surface area contributed by atoms with Gasteiger partial charge in [-0.15, -0.1) is 0 Å². The van der Waals surface area contributed by atoms with Crippen LogP contribution < -0.4 is 10.1 Å². The van der Waals surface area contributed by atoms with Gasteiger partial charge in [-0.3, -0.25) is 10.1 Å². The second-order valence-electron chi connectivity index (χ2n) is 4.09. The lowest BCUT2D eigenvalue weighted by molar-refractivity contribution is -0.385. The molecule has 104 valence electrons. The van der Waals surface area contributed by atoms with E-state index >= 15 is 0 Å². The molecule has 6 heteroatoms. The number of hydrogen-bond donors (Lipinski definition) is 1.